The van der Waals surface area contributed by atoms with Crippen molar-refractivity contribution in [1.82, 2.24) is 0 Å². The number of nitrogens with zero attached hydrogens (tertiary/aromatic N) is 1. The first-order chi connectivity index (χ1) is 17.4. The van der Waals surface area contributed by atoms with Gasteiger partial charge >= 0.3 is 0 Å². The molecule has 186 valence electrons. The third-order valence-electron chi connectivity index (χ3n) is 6.05. The average Bonchev–Trinajstić information content (AvgIpc) is 2.89. The van der Waals surface area contributed by atoms with E-state index in [0.29, 0.717) is 40.0 Å². The van der Waals surface area contributed by atoms with E-state index in [0.717, 1.165) is 26.5 Å². The Balaban J connectivity index is 1.88. The molecule has 0 saturated heterocycles. The number of hydrogen-bond acceptors (Lipinski definition) is 5. The second kappa shape index (κ2) is 11.2. The lowest BCUT2D eigenvalue weighted by Crippen LogP contribution is -2.42. The molecule has 0 spiro atoms. The van der Waals surface area contributed by atoms with E-state index < -0.39 is 0 Å². The number of ether oxygens (including phenoxy) is 4. The zero-order chi connectivity index (χ0) is 25.8. The highest BCUT2D eigenvalue weighted by molar-refractivity contribution is 9.10. The van der Waals surface area contributed by atoms with E-state index in [9.17, 15) is 4.79 Å². The summed E-state index contributed by atoms with van der Waals surface area (Å²) in [6, 6.07) is 16.7. The molecular formula is C28H26BrClNO5+. The Morgan fingerprint density at radius 3 is 2.14 bits per heavy atom. The van der Waals surface area contributed by atoms with Gasteiger partial charge in [0.1, 0.15) is 0 Å². The Kier molecular flexibility index (Phi) is 8.01. The molecule has 0 aliphatic heterocycles. The highest BCUT2D eigenvalue weighted by atomic mass is 79.9. The lowest BCUT2D eigenvalue weighted by Gasteiger charge is -2.14. The molecule has 1 aromatic heterocycles. The first-order valence-electron chi connectivity index (χ1n) is 11.1. The van der Waals surface area contributed by atoms with Crippen molar-refractivity contribution in [1.29, 1.82) is 0 Å². The fourth-order valence-electron chi connectivity index (χ4n) is 4.18. The normalized spacial score (nSPS) is 10.8. The van der Waals surface area contributed by atoms with Gasteiger partial charge in [-0.25, -0.2) is 0 Å². The van der Waals surface area contributed by atoms with Crippen molar-refractivity contribution in [3.05, 3.63) is 87.1 Å². The van der Waals surface area contributed by atoms with Crippen LogP contribution in [0.15, 0.2) is 65.3 Å². The van der Waals surface area contributed by atoms with Crippen molar-refractivity contribution in [3.63, 3.8) is 0 Å². The summed E-state index contributed by atoms with van der Waals surface area (Å²) in [5.41, 5.74) is 2.37. The molecule has 4 aromatic rings. The number of benzene rings is 3. The molecular weight excluding hydrogens is 546 g/mol. The number of carbonyl (C=O) groups excluding carboxylic acids is 1. The van der Waals surface area contributed by atoms with Gasteiger partial charge in [-0.1, -0.05) is 39.7 Å². The molecule has 0 unspecified atom stereocenters. The number of pyridine rings is 1. The van der Waals surface area contributed by atoms with E-state index in [1.807, 2.05) is 53.2 Å². The van der Waals surface area contributed by atoms with Gasteiger partial charge in [0.15, 0.2) is 34.9 Å². The number of carbonyl (C=O) groups is 1. The molecule has 8 heteroatoms. The maximum Gasteiger partial charge on any atom is 0.229 e. The minimum atomic E-state index is -0.0851. The fraction of sp³-hybridized carbons (Fsp3) is 0.214. The summed E-state index contributed by atoms with van der Waals surface area (Å²) in [5.74, 6) is 2.40. The number of ketones is 1. The minimum Gasteiger partial charge on any atom is -0.493 e. The highest BCUT2D eigenvalue weighted by Gasteiger charge is 2.24. The highest BCUT2D eigenvalue weighted by Crippen LogP contribution is 2.37. The van der Waals surface area contributed by atoms with Gasteiger partial charge in [0.25, 0.3) is 0 Å². The number of Topliss-reactive ketones (excluding diaryl/α,β-unsaturated/α-hetero) is 1. The molecule has 0 aliphatic rings. The molecule has 0 bridgehead atoms. The Labute approximate surface area is 223 Å². The van der Waals surface area contributed by atoms with Crippen molar-refractivity contribution in [2.45, 2.75) is 13.0 Å². The molecule has 6 nitrogen and oxygen atoms in total. The maximum atomic E-state index is 13.3. The van der Waals surface area contributed by atoms with E-state index in [1.165, 1.54) is 0 Å². The summed E-state index contributed by atoms with van der Waals surface area (Å²) in [4.78, 5) is 13.3. The lowest BCUT2D eigenvalue weighted by atomic mass is 10.0. The Morgan fingerprint density at radius 1 is 0.861 bits per heavy atom. The summed E-state index contributed by atoms with van der Waals surface area (Å²) in [7, 11) is 6.42. The van der Waals surface area contributed by atoms with Crippen LogP contribution in [0.4, 0.5) is 0 Å². The number of hydrogen-bond donors (Lipinski definition) is 0. The predicted molar refractivity (Wildman–Crippen MR) is 143 cm³/mol. The molecule has 3 aromatic carbocycles. The first-order valence-corrected chi connectivity index (χ1v) is 12.3. The second-order valence-corrected chi connectivity index (χ2v) is 9.32. The number of rotatable bonds is 9. The van der Waals surface area contributed by atoms with Crippen LogP contribution in [0.2, 0.25) is 5.02 Å². The van der Waals surface area contributed by atoms with Crippen molar-refractivity contribution in [2.24, 2.45) is 0 Å². The zero-order valence-corrected chi connectivity index (χ0v) is 22.8. The molecule has 0 aliphatic carbocycles. The van der Waals surface area contributed by atoms with Gasteiger partial charge in [-0.15, -0.1) is 0 Å². The van der Waals surface area contributed by atoms with Crippen LogP contribution in [0, 0.1) is 0 Å². The number of methoxy groups -OCH3 is 4. The standard InChI is InChI=1S/C28H26BrClNO5/c1-33-25-12-17-9-10-31(16-24(32)19-7-5-6-8-22(19)30)23(20(17)14-27(25)35-3)11-18-13-26(34-2)28(36-4)15-21(18)29/h5-10,12-15H,11,16H2,1-4H3/q+1. The van der Waals surface area contributed by atoms with Crippen LogP contribution in [-0.2, 0) is 13.0 Å². The fourth-order valence-corrected chi connectivity index (χ4v) is 4.89. The lowest BCUT2D eigenvalue weighted by molar-refractivity contribution is -0.688. The molecule has 0 fully saturated rings. The largest absolute Gasteiger partial charge is 0.493 e. The third-order valence-corrected chi connectivity index (χ3v) is 7.11. The van der Waals surface area contributed by atoms with Gasteiger partial charge in [-0.2, -0.15) is 4.57 Å². The first kappa shape index (κ1) is 25.8. The van der Waals surface area contributed by atoms with Gasteiger partial charge in [-0.3, -0.25) is 4.79 Å². The van der Waals surface area contributed by atoms with Crippen LogP contribution in [0.25, 0.3) is 10.8 Å². The smallest absolute Gasteiger partial charge is 0.229 e. The van der Waals surface area contributed by atoms with Crippen molar-refractivity contribution < 1.29 is 28.3 Å². The van der Waals surface area contributed by atoms with E-state index in [1.54, 1.807) is 40.6 Å². The topological polar surface area (TPSA) is 57.9 Å². The van der Waals surface area contributed by atoms with E-state index >= 15 is 0 Å². The van der Waals surface area contributed by atoms with Gasteiger partial charge in [0.2, 0.25) is 12.3 Å². The van der Waals surface area contributed by atoms with Crippen LogP contribution in [-0.4, -0.2) is 34.2 Å². The summed E-state index contributed by atoms with van der Waals surface area (Å²) in [5, 5.41) is 2.32. The van der Waals surface area contributed by atoms with Crippen LogP contribution in [0.5, 0.6) is 23.0 Å². The molecule has 1 heterocycles. The van der Waals surface area contributed by atoms with Gasteiger partial charge < -0.3 is 18.9 Å². The van der Waals surface area contributed by atoms with E-state index in [2.05, 4.69) is 15.9 Å². The predicted octanol–water partition coefficient (Wildman–Crippen LogP) is 6.05. The number of aromatic nitrogens is 1. The Hall–Kier alpha value is -3.29. The van der Waals surface area contributed by atoms with Crippen LogP contribution in [0.3, 0.4) is 0 Å². The van der Waals surface area contributed by atoms with Crippen LogP contribution in [0.1, 0.15) is 21.6 Å². The summed E-state index contributed by atoms with van der Waals surface area (Å²) >= 11 is 9.98. The maximum absolute atomic E-state index is 13.3. The van der Waals surface area contributed by atoms with Crippen molar-refractivity contribution in [3.8, 4) is 23.0 Å². The quantitative estimate of drug-likeness (QED) is 0.181. The van der Waals surface area contributed by atoms with Gasteiger partial charge in [0.05, 0.1) is 45.3 Å². The van der Waals surface area contributed by atoms with Crippen molar-refractivity contribution in [2.75, 3.05) is 28.4 Å². The third kappa shape index (κ3) is 5.13. The Morgan fingerprint density at radius 2 is 1.47 bits per heavy atom. The van der Waals surface area contributed by atoms with Crippen molar-refractivity contribution >= 4 is 44.1 Å². The Bertz CT molecular complexity index is 1440. The second-order valence-electron chi connectivity index (χ2n) is 8.06. The summed E-state index contributed by atoms with van der Waals surface area (Å²) in [6.07, 6.45) is 2.41. The number of halogens is 2. The molecule has 4 rings (SSSR count). The molecule has 0 radical (unpaired) electrons. The molecule has 0 N–H and O–H groups in total. The molecule has 0 amide bonds. The summed E-state index contributed by atoms with van der Waals surface area (Å²) < 4.78 is 24.9. The zero-order valence-electron chi connectivity index (χ0n) is 20.4. The monoisotopic (exact) mass is 570 g/mol. The molecule has 0 atom stereocenters. The summed E-state index contributed by atoms with van der Waals surface area (Å²) in [6.45, 7) is 0.119. The minimum absolute atomic E-state index is 0.0851. The van der Waals surface area contributed by atoms with E-state index in [-0.39, 0.29) is 12.3 Å². The average molecular weight is 572 g/mol. The molecule has 36 heavy (non-hydrogen) atoms. The number of fused-ring (bicyclic) bond motifs is 1. The van der Waals surface area contributed by atoms with Gasteiger partial charge in [-0.05, 0) is 47.3 Å². The SMILES string of the molecule is COc1cc(Br)c(Cc2c3cc(OC)c(OC)cc3cc[n+]2CC(=O)c2ccccc2Cl)cc1OC. The molecule has 0 saturated carbocycles. The van der Waals surface area contributed by atoms with Crippen LogP contribution >= 0.6 is 27.5 Å². The van der Waals surface area contributed by atoms with Crippen LogP contribution < -0.4 is 23.5 Å². The van der Waals surface area contributed by atoms with Gasteiger partial charge in [0, 0.05) is 16.1 Å². The van der Waals surface area contributed by atoms with E-state index in [4.69, 9.17) is 30.5 Å².